The average Bonchev–Trinajstić information content (AvgIpc) is 3.02. The molecule has 3 heterocycles. The van der Waals surface area contributed by atoms with Crippen LogP contribution in [0, 0.1) is 18.7 Å². The number of aryl methyl sites for hydroxylation is 1. The van der Waals surface area contributed by atoms with Crippen LogP contribution in [-0.4, -0.2) is 58.8 Å². The first-order valence-corrected chi connectivity index (χ1v) is 14.8. The summed E-state index contributed by atoms with van der Waals surface area (Å²) in [5.41, 5.74) is 3.65. The fourth-order valence-corrected chi connectivity index (χ4v) is 5.75. The Hall–Kier alpha value is -4.57. The number of aromatic nitrogens is 2. The molecule has 1 saturated heterocycles. The molecule has 0 saturated carbocycles. The number of rotatable bonds is 8. The predicted molar refractivity (Wildman–Crippen MR) is 167 cm³/mol. The van der Waals surface area contributed by atoms with Crippen molar-refractivity contribution in [3.8, 4) is 11.1 Å². The number of halogens is 2. The van der Waals surface area contributed by atoms with E-state index in [-0.39, 0.29) is 40.4 Å². The molecule has 228 valence electrons. The number of H-pyrrole nitrogens is 1. The lowest BCUT2D eigenvalue weighted by atomic mass is 9.89. The number of benzene rings is 2. The molecular weight excluding hydrogens is 585 g/mol. The van der Waals surface area contributed by atoms with Gasteiger partial charge in [0.25, 0.3) is 5.91 Å². The molecule has 3 amide bonds. The first-order valence-electron chi connectivity index (χ1n) is 14.5. The van der Waals surface area contributed by atoms with Crippen LogP contribution < -0.4 is 16.2 Å². The van der Waals surface area contributed by atoms with Crippen molar-refractivity contribution < 1.29 is 18.8 Å². The number of nitrogens with one attached hydrogen (secondary N) is 3. The number of hydrogen-bond donors (Lipinski definition) is 3. The Labute approximate surface area is 258 Å². The van der Waals surface area contributed by atoms with Crippen LogP contribution in [0.4, 0.5) is 4.39 Å². The summed E-state index contributed by atoms with van der Waals surface area (Å²) in [5.74, 6) is -1.18. The van der Waals surface area contributed by atoms with Gasteiger partial charge >= 0.3 is 0 Å². The molecule has 0 spiro atoms. The van der Waals surface area contributed by atoms with Crippen molar-refractivity contribution in [3.63, 3.8) is 0 Å². The minimum Gasteiger partial charge on any atom is -0.357 e. The fraction of sp³-hybridized carbons (Fsp3) is 0.303. The van der Waals surface area contributed by atoms with Gasteiger partial charge in [0.15, 0.2) is 0 Å². The van der Waals surface area contributed by atoms with E-state index < -0.39 is 17.8 Å². The summed E-state index contributed by atoms with van der Waals surface area (Å²) in [4.78, 5) is 59.4. The number of carbonyl (C=O) groups excluding carboxylic acids is 3. The first-order chi connectivity index (χ1) is 21.1. The molecule has 0 radical (unpaired) electrons. The number of carbonyl (C=O) groups is 3. The summed E-state index contributed by atoms with van der Waals surface area (Å²) in [5, 5.41) is 6.36. The third-order valence-electron chi connectivity index (χ3n) is 8.12. The summed E-state index contributed by atoms with van der Waals surface area (Å²) < 4.78 is 13.9. The highest BCUT2D eigenvalue weighted by Gasteiger charge is 2.29. The van der Waals surface area contributed by atoms with Gasteiger partial charge in [-0.25, -0.2) is 4.39 Å². The van der Waals surface area contributed by atoms with Crippen molar-refractivity contribution in [2.24, 2.45) is 5.92 Å². The molecule has 5 rings (SSSR count). The molecule has 1 fully saturated rings. The van der Waals surface area contributed by atoms with Gasteiger partial charge in [-0.3, -0.25) is 24.2 Å². The highest BCUT2D eigenvalue weighted by atomic mass is 35.5. The van der Waals surface area contributed by atoms with Crippen LogP contribution in [0.5, 0.6) is 0 Å². The summed E-state index contributed by atoms with van der Waals surface area (Å²) in [6.45, 7) is 3.00. The van der Waals surface area contributed by atoms with Crippen molar-refractivity contribution in [3.05, 3.63) is 98.8 Å². The smallest absolute Gasteiger partial charge is 0.270 e. The molecule has 0 bridgehead atoms. The Kier molecular flexibility index (Phi) is 9.39. The van der Waals surface area contributed by atoms with Gasteiger partial charge in [-0.15, -0.1) is 0 Å². The lowest BCUT2D eigenvalue weighted by Crippen LogP contribution is -2.48. The van der Waals surface area contributed by atoms with Gasteiger partial charge in [0, 0.05) is 48.9 Å². The maximum atomic E-state index is 13.9. The van der Waals surface area contributed by atoms with E-state index in [4.69, 9.17) is 11.6 Å². The van der Waals surface area contributed by atoms with Gasteiger partial charge in [0.1, 0.15) is 17.6 Å². The number of hydrogen-bond acceptors (Lipinski definition) is 5. The number of nitrogens with zero attached hydrogens (tertiary/aromatic N) is 2. The van der Waals surface area contributed by atoms with Crippen LogP contribution >= 0.6 is 11.6 Å². The molecule has 9 nitrogen and oxygen atoms in total. The quantitative estimate of drug-likeness (QED) is 0.270. The van der Waals surface area contributed by atoms with Crippen molar-refractivity contribution in [1.29, 1.82) is 0 Å². The number of pyridine rings is 2. The van der Waals surface area contributed by atoms with Crippen LogP contribution in [0.1, 0.15) is 40.9 Å². The third kappa shape index (κ3) is 7.14. The molecule has 44 heavy (non-hydrogen) atoms. The van der Waals surface area contributed by atoms with E-state index in [1.807, 2.05) is 30.0 Å². The normalized spacial score (nSPS) is 14.3. The average molecular weight is 618 g/mol. The fourth-order valence-electron chi connectivity index (χ4n) is 5.63. The molecule has 11 heteroatoms. The number of aromatic amines is 1. The van der Waals surface area contributed by atoms with E-state index in [1.165, 1.54) is 31.4 Å². The minimum absolute atomic E-state index is 0.0201. The topological polar surface area (TPSA) is 124 Å². The van der Waals surface area contributed by atoms with Gasteiger partial charge in [-0.2, -0.15) is 0 Å². The lowest BCUT2D eigenvalue weighted by Gasteiger charge is -2.33. The summed E-state index contributed by atoms with van der Waals surface area (Å²) in [6.07, 6.45) is 3.57. The van der Waals surface area contributed by atoms with Crippen molar-refractivity contribution >= 4 is 40.2 Å². The van der Waals surface area contributed by atoms with E-state index in [2.05, 4.69) is 20.6 Å². The Balaban J connectivity index is 1.16. The summed E-state index contributed by atoms with van der Waals surface area (Å²) in [6, 6.07) is 14.0. The second kappa shape index (κ2) is 13.4. The van der Waals surface area contributed by atoms with Crippen LogP contribution in [0.3, 0.4) is 0 Å². The molecule has 0 aliphatic carbocycles. The monoisotopic (exact) mass is 617 g/mol. The van der Waals surface area contributed by atoms with Crippen LogP contribution in [0.2, 0.25) is 5.02 Å². The third-order valence-corrected chi connectivity index (χ3v) is 8.43. The SMILES string of the molecule is CNC(=O)C(CC1CCN(C(=O)Cc2ccc3[nH]c(=O)cc(C)c3c2)CC1)NC(=O)c1ccc(-c2ccc(Cl)c(F)c2)cn1. The predicted octanol–water partition coefficient (Wildman–Crippen LogP) is 4.41. The van der Waals surface area contributed by atoms with E-state index in [9.17, 15) is 23.6 Å². The first kappa shape index (κ1) is 30.9. The highest BCUT2D eigenvalue weighted by molar-refractivity contribution is 6.30. The van der Waals surface area contributed by atoms with Crippen molar-refractivity contribution in [2.45, 2.75) is 38.6 Å². The molecule has 2 aromatic heterocycles. The van der Waals surface area contributed by atoms with E-state index in [1.54, 1.807) is 18.2 Å². The van der Waals surface area contributed by atoms with E-state index >= 15 is 0 Å². The maximum Gasteiger partial charge on any atom is 0.270 e. The number of piperidine rings is 1. The van der Waals surface area contributed by atoms with Gasteiger partial charge in [0.2, 0.25) is 17.4 Å². The van der Waals surface area contributed by atoms with Crippen LogP contribution in [0.25, 0.3) is 22.0 Å². The van der Waals surface area contributed by atoms with Gasteiger partial charge in [-0.05, 0) is 79.1 Å². The molecule has 3 N–H and O–H groups in total. The van der Waals surface area contributed by atoms with E-state index in [0.717, 1.165) is 22.0 Å². The molecule has 1 atom stereocenters. The maximum absolute atomic E-state index is 13.9. The molecule has 1 aliphatic rings. The molecule has 1 unspecified atom stereocenters. The number of fused-ring (bicyclic) bond motifs is 1. The van der Waals surface area contributed by atoms with Crippen LogP contribution in [0.15, 0.2) is 65.6 Å². The summed E-state index contributed by atoms with van der Waals surface area (Å²) in [7, 11) is 1.52. The van der Waals surface area contributed by atoms with Gasteiger partial charge in [0.05, 0.1) is 11.4 Å². The largest absolute Gasteiger partial charge is 0.357 e. The standard InChI is InChI=1S/C33H33ClFN5O4/c1-19-13-30(41)38-27-7-3-21(14-24(19)27)16-31(42)40-11-9-20(10-12-40)15-29(32(43)36-2)39-33(44)28-8-5-23(18-37-28)22-4-6-25(34)26(35)17-22/h3-8,13-14,17-18,20,29H,9-12,15-16H2,1-2H3,(H,36,43)(H,38,41)(H,39,44). The number of likely N-dealkylation sites (N-methyl/N-ethyl adjacent to an activating group) is 1. The van der Waals surface area contributed by atoms with Gasteiger partial charge < -0.3 is 20.5 Å². The Morgan fingerprint density at radius 2 is 1.82 bits per heavy atom. The second-order valence-corrected chi connectivity index (χ2v) is 11.5. The molecule has 1 aliphatic heterocycles. The van der Waals surface area contributed by atoms with Gasteiger partial charge in [-0.1, -0.05) is 29.8 Å². The Morgan fingerprint density at radius 1 is 1.07 bits per heavy atom. The van der Waals surface area contributed by atoms with E-state index in [0.29, 0.717) is 43.5 Å². The zero-order chi connectivity index (χ0) is 31.4. The Morgan fingerprint density at radius 3 is 2.50 bits per heavy atom. The molecular formula is C33H33ClFN5O4. The highest BCUT2D eigenvalue weighted by Crippen LogP contribution is 2.25. The summed E-state index contributed by atoms with van der Waals surface area (Å²) >= 11 is 5.76. The minimum atomic E-state index is -0.765. The second-order valence-electron chi connectivity index (χ2n) is 11.1. The number of likely N-dealkylation sites (tertiary alicyclic amines) is 1. The van der Waals surface area contributed by atoms with Crippen molar-refractivity contribution in [2.75, 3.05) is 20.1 Å². The lowest BCUT2D eigenvalue weighted by molar-refractivity contribution is -0.132. The zero-order valence-electron chi connectivity index (χ0n) is 24.5. The van der Waals surface area contributed by atoms with Crippen molar-refractivity contribution in [1.82, 2.24) is 25.5 Å². The zero-order valence-corrected chi connectivity index (χ0v) is 25.2. The molecule has 2 aromatic carbocycles. The number of amides is 3. The van der Waals surface area contributed by atoms with Crippen LogP contribution in [-0.2, 0) is 16.0 Å². The Bertz CT molecular complexity index is 1770. The molecule has 4 aromatic rings.